The summed E-state index contributed by atoms with van der Waals surface area (Å²) in [5, 5.41) is 0.963. The van der Waals surface area contributed by atoms with Crippen molar-refractivity contribution in [3.8, 4) is 0 Å². The van der Waals surface area contributed by atoms with Crippen LogP contribution in [0.15, 0.2) is 72.8 Å². The number of rotatable bonds is 2. The zero-order chi connectivity index (χ0) is 15.9. The zero-order valence-corrected chi connectivity index (χ0v) is 15.7. The van der Waals surface area contributed by atoms with Crippen LogP contribution < -0.4 is 0 Å². The molecular formula is C21H14IrN3-. The number of nitrogens with zero attached hydrogens (tertiary/aromatic N) is 3. The summed E-state index contributed by atoms with van der Waals surface area (Å²) in [4.78, 5) is 9.75. The van der Waals surface area contributed by atoms with Crippen molar-refractivity contribution in [2.45, 2.75) is 6.42 Å². The quantitative estimate of drug-likeness (QED) is 0.336. The van der Waals surface area contributed by atoms with Gasteiger partial charge in [-0.2, -0.15) is 0 Å². The molecular weight excluding hydrogens is 486 g/mol. The molecule has 0 fully saturated rings. The fourth-order valence-corrected chi connectivity index (χ4v) is 3.24. The molecule has 2 heterocycles. The molecule has 0 aliphatic carbocycles. The third-order valence-corrected chi connectivity index (χ3v) is 4.33. The van der Waals surface area contributed by atoms with E-state index in [-0.39, 0.29) is 20.1 Å². The molecule has 0 aliphatic rings. The molecule has 123 valence electrons. The first-order valence-corrected chi connectivity index (χ1v) is 8.00. The summed E-state index contributed by atoms with van der Waals surface area (Å²) in [5.74, 6) is 0.997. The number of hydrogen-bond donors (Lipinski definition) is 0. The summed E-state index contributed by atoms with van der Waals surface area (Å²) in [7, 11) is 0. The van der Waals surface area contributed by atoms with Crippen molar-refractivity contribution in [3.63, 3.8) is 0 Å². The van der Waals surface area contributed by atoms with Crippen LogP contribution in [0.2, 0.25) is 0 Å². The Morgan fingerprint density at radius 3 is 2.44 bits per heavy atom. The summed E-state index contributed by atoms with van der Waals surface area (Å²) in [6.45, 7) is 0. The van der Waals surface area contributed by atoms with Gasteiger partial charge in [-0.1, -0.05) is 47.9 Å². The zero-order valence-electron chi connectivity index (χ0n) is 13.3. The van der Waals surface area contributed by atoms with Gasteiger partial charge in [0.15, 0.2) is 0 Å². The number of hydrogen-bond acceptors (Lipinski definition) is 2. The van der Waals surface area contributed by atoms with Crippen LogP contribution in [0, 0.1) is 6.07 Å². The fourth-order valence-electron chi connectivity index (χ4n) is 3.24. The number of fused-ring (bicyclic) bond motifs is 5. The summed E-state index contributed by atoms with van der Waals surface area (Å²) in [5.41, 5.74) is 5.17. The molecule has 1 radical (unpaired) electrons. The Hall–Kier alpha value is -2.55. The number of imidazole rings is 1. The predicted molar refractivity (Wildman–Crippen MR) is 96.1 cm³/mol. The molecule has 5 rings (SSSR count). The minimum Gasteiger partial charge on any atom is -0.321 e. The maximum Gasteiger partial charge on any atom is 0.101 e. The first-order chi connectivity index (χ1) is 11.9. The Bertz CT molecular complexity index is 1180. The molecule has 5 aromatic rings. The van der Waals surface area contributed by atoms with Crippen LogP contribution in [0.3, 0.4) is 0 Å². The van der Waals surface area contributed by atoms with Crippen LogP contribution in [0.4, 0.5) is 0 Å². The molecule has 0 amide bonds. The van der Waals surface area contributed by atoms with E-state index in [0.29, 0.717) is 0 Å². The van der Waals surface area contributed by atoms with Crippen molar-refractivity contribution in [1.29, 1.82) is 0 Å². The molecule has 0 unspecified atom stereocenters. The molecule has 0 saturated carbocycles. The molecule has 25 heavy (non-hydrogen) atoms. The van der Waals surface area contributed by atoms with Gasteiger partial charge in [0.1, 0.15) is 5.82 Å². The van der Waals surface area contributed by atoms with Crippen molar-refractivity contribution in [3.05, 3.63) is 90.3 Å². The Labute approximate surface area is 158 Å². The Morgan fingerprint density at radius 2 is 1.56 bits per heavy atom. The van der Waals surface area contributed by atoms with E-state index >= 15 is 0 Å². The molecule has 0 N–H and O–H groups in total. The summed E-state index contributed by atoms with van der Waals surface area (Å²) < 4.78 is 2.17. The second-order valence-electron chi connectivity index (χ2n) is 5.88. The van der Waals surface area contributed by atoms with Gasteiger partial charge >= 0.3 is 0 Å². The topological polar surface area (TPSA) is 30.2 Å². The van der Waals surface area contributed by atoms with Crippen molar-refractivity contribution < 1.29 is 20.1 Å². The van der Waals surface area contributed by atoms with E-state index < -0.39 is 0 Å². The second-order valence-corrected chi connectivity index (χ2v) is 5.88. The maximum absolute atomic E-state index is 4.91. The van der Waals surface area contributed by atoms with Gasteiger partial charge < -0.3 is 4.40 Å². The number of benzene rings is 3. The van der Waals surface area contributed by atoms with E-state index in [1.807, 2.05) is 42.5 Å². The molecule has 0 bridgehead atoms. The molecule has 3 nitrogen and oxygen atoms in total. The Morgan fingerprint density at radius 1 is 0.800 bits per heavy atom. The number of para-hydroxylation sites is 2. The maximum atomic E-state index is 4.91. The first kappa shape index (κ1) is 15.9. The summed E-state index contributed by atoms with van der Waals surface area (Å²) in [6.07, 6.45) is 0.766. The Balaban J connectivity index is 0.00000157. The van der Waals surface area contributed by atoms with Gasteiger partial charge in [0.2, 0.25) is 0 Å². The SMILES string of the molecule is [Ir].[c-]1cccc2nc(Cc3ccccc3)n3c4ccccc4nc3c12. The monoisotopic (exact) mass is 501 g/mol. The third kappa shape index (κ3) is 2.64. The van der Waals surface area contributed by atoms with Crippen LogP contribution in [-0.2, 0) is 26.5 Å². The molecule has 2 aromatic heterocycles. The molecule has 3 aromatic carbocycles. The van der Waals surface area contributed by atoms with Gasteiger partial charge in [-0.05, 0) is 23.2 Å². The average Bonchev–Trinajstić information content (AvgIpc) is 3.03. The van der Waals surface area contributed by atoms with Crippen LogP contribution >= 0.6 is 0 Å². The standard InChI is InChI=1S/C21H14N3.Ir/c1-2-8-15(9-3-1)14-20-22-17-11-5-4-10-16(17)21-23-18-12-6-7-13-19(18)24(20)21;/h1-9,11-13H,14H2;/q-1;. The second kappa shape index (κ2) is 6.40. The molecule has 0 spiro atoms. The molecule has 0 aliphatic heterocycles. The van der Waals surface area contributed by atoms with Gasteiger partial charge in [0, 0.05) is 26.5 Å². The first-order valence-electron chi connectivity index (χ1n) is 8.00. The van der Waals surface area contributed by atoms with E-state index in [4.69, 9.17) is 9.97 Å². The van der Waals surface area contributed by atoms with E-state index in [2.05, 4.69) is 40.8 Å². The number of aromatic nitrogens is 3. The van der Waals surface area contributed by atoms with Gasteiger partial charge in [0.05, 0.1) is 16.7 Å². The Kier molecular flexibility index (Phi) is 4.08. The van der Waals surface area contributed by atoms with E-state index in [0.717, 1.165) is 39.8 Å². The average molecular weight is 501 g/mol. The van der Waals surface area contributed by atoms with Gasteiger partial charge in [-0.25, -0.2) is 0 Å². The van der Waals surface area contributed by atoms with Crippen LogP contribution in [0.5, 0.6) is 0 Å². The minimum atomic E-state index is 0. The smallest absolute Gasteiger partial charge is 0.101 e. The van der Waals surface area contributed by atoms with E-state index in [1.54, 1.807) is 0 Å². The van der Waals surface area contributed by atoms with E-state index in [9.17, 15) is 0 Å². The third-order valence-electron chi connectivity index (χ3n) is 4.33. The van der Waals surface area contributed by atoms with Gasteiger partial charge in [0.25, 0.3) is 0 Å². The van der Waals surface area contributed by atoms with Crippen LogP contribution in [0.25, 0.3) is 27.6 Å². The van der Waals surface area contributed by atoms with E-state index in [1.165, 1.54) is 5.56 Å². The molecule has 0 atom stereocenters. The fraction of sp³-hybridized carbons (Fsp3) is 0.0476. The van der Waals surface area contributed by atoms with Gasteiger partial charge in [-0.15, -0.1) is 24.3 Å². The summed E-state index contributed by atoms with van der Waals surface area (Å²) in [6, 6.07) is 27.8. The van der Waals surface area contributed by atoms with Crippen LogP contribution in [-0.4, -0.2) is 14.4 Å². The summed E-state index contributed by atoms with van der Waals surface area (Å²) >= 11 is 0. The molecule has 0 saturated heterocycles. The minimum absolute atomic E-state index is 0. The van der Waals surface area contributed by atoms with Crippen molar-refractivity contribution in [2.75, 3.05) is 0 Å². The van der Waals surface area contributed by atoms with Crippen molar-refractivity contribution in [1.82, 2.24) is 14.4 Å². The van der Waals surface area contributed by atoms with Crippen molar-refractivity contribution >= 4 is 27.6 Å². The molecule has 4 heteroatoms. The predicted octanol–water partition coefficient (Wildman–Crippen LogP) is 4.42. The van der Waals surface area contributed by atoms with Gasteiger partial charge in [-0.3, -0.25) is 9.97 Å². The van der Waals surface area contributed by atoms with Crippen LogP contribution in [0.1, 0.15) is 11.4 Å². The largest absolute Gasteiger partial charge is 0.321 e. The normalized spacial score (nSPS) is 11.0. The van der Waals surface area contributed by atoms with Crippen molar-refractivity contribution in [2.24, 2.45) is 0 Å².